The number of benzene rings is 2. The van der Waals surface area contributed by atoms with E-state index in [0.29, 0.717) is 34.7 Å². The van der Waals surface area contributed by atoms with Gasteiger partial charge in [-0.25, -0.2) is 4.79 Å². The van der Waals surface area contributed by atoms with Gasteiger partial charge in [-0.15, -0.1) is 0 Å². The van der Waals surface area contributed by atoms with E-state index in [4.69, 9.17) is 14.2 Å². The molecule has 194 valence electrons. The second kappa shape index (κ2) is 11.3. The smallest absolute Gasteiger partial charge is 0.336 e. The molecule has 2 aromatic rings. The Hall–Kier alpha value is -3.39. The van der Waals surface area contributed by atoms with Gasteiger partial charge >= 0.3 is 11.9 Å². The number of esters is 2. The van der Waals surface area contributed by atoms with E-state index in [1.807, 2.05) is 55.5 Å². The molecule has 2 aromatic carbocycles. The molecule has 0 radical (unpaired) electrons. The van der Waals surface area contributed by atoms with Gasteiger partial charge in [-0.1, -0.05) is 40.2 Å². The van der Waals surface area contributed by atoms with Crippen molar-refractivity contribution in [1.82, 2.24) is 5.32 Å². The average molecular weight is 568 g/mol. The van der Waals surface area contributed by atoms with Crippen molar-refractivity contribution in [3.8, 4) is 5.75 Å². The van der Waals surface area contributed by atoms with E-state index in [-0.39, 0.29) is 19.0 Å². The third-order valence-corrected chi connectivity index (χ3v) is 7.27. The highest BCUT2D eigenvalue weighted by atomic mass is 79.9. The Labute approximate surface area is 225 Å². The maximum absolute atomic E-state index is 14.3. The van der Waals surface area contributed by atoms with Gasteiger partial charge in [0.25, 0.3) is 0 Å². The zero-order valence-electron chi connectivity index (χ0n) is 21.3. The van der Waals surface area contributed by atoms with Crippen molar-refractivity contribution in [2.24, 2.45) is 5.92 Å². The number of allylic oxidation sites excluding steroid dienone is 3. The van der Waals surface area contributed by atoms with E-state index in [0.717, 1.165) is 15.6 Å². The summed E-state index contributed by atoms with van der Waals surface area (Å²) in [7, 11) is 1.59. The van der Waals surface area contributed by atoms with Gasteiger partial charge in [-0.05, 0) is 62.6 Å². The highest BCUT2D eigenvalue weighted by Gasteiger charge is 2.49. The minimum Gasteiger partial charge on any atom is -0.497 e. The lowest BCUT2D eigenvalue weighted by atomic mass is 9.67. The first-order valence-corrected chi connectivity index (χ1v) is 13.1. The first kappa shape index (κ1) is 26.7. The SMILES string of the molecule is CCOC(=O)C1=C(C)NC2=C(C(=O)[C@H](C(=O)OCC)[C@H](c3ccc(OC)cc3)C2)[C@H]1c1cccc(Br)c1. The number of hydrogen-bond donors (Lipinski definition) is 1. The Morgan fingerprint density at radius 3 is 2.35 bits per heavy atom. The molecule has 1 aliphatic heterocycles. The molecule has 0 bridgehead atoms. The number of ketones is 1. The van der Waals surface area contributed by atoms with Crippen LogP contribution in [0.5, 0.6) is 5.75 Å². The van der Waals surface area contributed by atoms with Crippen molar-refractivity contribution in [2.45, 2.75) is 39.0 Å². The van der Waals surface area contributed by atoms with Crippen molar-refractivity contribution < 1.29 is 28.6 Å². The van der Waals surface area contributed by atoms with Gasteiger partial charge in [-0.2, -0.15) is 0 Å². The van der Waals surface area contributed by atoms with Gasteiger partial charge in [0.05, 0.1) is 25.9 Å². The number of carbonyl (C=O) groups excluding carboxylic acids is 3. The Kier molecular flexibility index (Phi) is 8.17. The van der Waals surface area contributed by atoms with Crippen molar-refractivity contribution in [3.63, 3.8) is 0 Å². The second-order valence-electron chi connectivity index (χ2n) is 8.94. The molecular weight excluding hydrogens is 538 g/mol. The molecule has 4 rings (SSSR count). The molecule has 2 aliphatic rings. The average Bonchev–Trinajstić information content (AvgIpc) is 2.88. The Morgan fingerprint density at radius 1 is 1.03 bits per heavy atom. The molecule has 8 heteroatoms. The van der Waals surface area contributed by atoms with E-state index in [2.05, 4.69) is 21.2 Å². The molecule has 1 heterocycles. The quantitative estimate of drug-likeness (QED) is 0.364. The highest BCUT2D eigenvalue weighted by Crippen LogP contribution is 2.48. The van der Waals surface area contributed by atoms with Crippen LogP contribution in [0.1, 0.15) is 50.2 Å². The number of hydrogen-bond acceptors (Lipinski definition) is 7. The third kappa shape index (κ3) is 5.21. The Balaban J connectivity index is 1.88. The predicted molar refractivity (Wildman–Crippen MR) is 142 cm³/mol. The number of nitrogens with one attached hydrogen (secondary N) is 1. The van der Waals surface area contributed by atoms with Crippen LogP contribution in [-0.4, -0.2) is 38.0 Å². The molecular formula is C29H30BrNO6. The van der Waals surface area contributed by atoms with Crippen LogP contribution in [0.15, 0.2) is 75.5 Å². The molecule has 37 heavy (non-hydrogen) atoms. The molecule has 1 aliphatic carbocycles. The molecule has 3 atom stereocenters. The van der Waals surface area contributed by atoms with Crippen LogP contribution >= 0.6 is 15.9 Å². The summed E-state index contributed by atoms with van der Waals surface area (Å²) in [6, 6.07) is 14.9. The van der Waals surface area contributed by atoms with E-state index in [1.165, 1.54) is 0 Å². The molecule has 0 spiro atoms. The molecule has 1 N–H and O–H groups in total. The maximum atomic E-state index is 14.3. The zero-order chi connectivity index (χ0) is 26.7. The molecule has 0 saturated carbocycles. The van der Waals surface area contributed by atoms with Crippen molar-refractivity contribution >= 4 is 33.7 Å². The number of carbonyl (C=O) groups is 3. The van der Waals surface area contributed by atoms with Crippen LogP contribution in [0.25, 0.3) is 0 Å². The standard InChI is InChI=1S/C29H30BrNO6/c1-5-36-28(33)23-16(3)31-22-15-21(17-10-12-20(35-4)13-11-17)25(29(34)37-6-2)27(32)26(22)24(23)18-8-7-9-19(30)14-18/h7-14,21,24-25,31H,5-6,15H2,1-4H3/t21-,24-,25+/m0/s1. The van der Waals surface area contributed by atoms with E-state index in [9.17, 15) is 14.4 Å². The molecule has 0 unspecified atom stereocenters. The third-order valence-electron chi connectivity index (χ3n) is 6.78. The minimum absolute atomic E-state index is 0.157. The number of ether oxygens (including phenoxy) is 3. The number of rotatable bonds is 7. The van der Waals surface area contributed by atoms with E-state index < -0.39 is 29.7 Å². The molecule has 7 nitrogen and oxygen atoms in total. The van der Waals surface area contributed by atoms with Crippen LogP contribution in [0.4, 0.5) is 0 Å². The fourth-order valence-electron chi connectivity index (χ4n) is 5.20. The Morgan fingerprint density at radius 2 is 1.73 bits per heavy atom. The van der Waals surface area contributed by atoms with Crippen LogP contribution < -0.4 is 10.1 Å². The van der Waals surface area contributed by atoms with Crippen LogP contribution in [0, 0.1) is 5.92 Å². The predicted octanol–water partition coefficient (Wildman–Crippen LogP) is 5.17. The fourth-order valence-corrected chi connectivity index (χ4v) is 5.62. The lowest BCUT2D eigenvalue weighted by molar-refractivity contribution is -0.152. The monoisotopic (exact) mass is 567 g/mol. The van der Waals surface area contributed by atoms with Crippen LogP contribution in [-0.2, 0) is 23.9 Å². The highest BCUT2D eigenvalue weighted by molar-refractivity contribution is 9.10. The Bertz CT molecular complexity index is 1280. The molecule has 0 amide bonds. The summed E-state index contributed by atoms with van der Waals surface area (Å²) in [5, 5.41) is 3.32. The number of halogens is 1. The van der Waals surface area contributed by atoms with Gasteiger partial charge in [-0.3, -0.25) is 9.59 Å². The molecule has 0 saturated heterocycles. The second-order valence-corrected chi connectivity index (χ2v) is 9.86. The van der Waals surface area contributed by atoms with Gasteiger partial charge in [0.1, 0.15) is 11.7 Å². The van der Waals surface area contributed by atoms with Crippen LogP contribution in [0.2, 0.25) is 0 Å². The number of methoxy groups -OCH3 is 1. The number of Topliss-reactive ketones (excluding diaryl/α,β-unsaturated/α-hetero) is 1. The summed E-state index contributed by atoms with van der Waals surface area (Å²) in [5.74, 6) is -2.92. The van der Waals surface area contributed by atoms with E-state index >= 15 is 0 Å². The first-order valence-electron chi connectivity index (χ1n) is 12.3. The fraction of sp³-hybridized carbons (Fsp3) is 0.345. The van der Waals surface area contributed by atoms with Gasteiger partial charge < -0.3 is 19.5 Å². The first-order chi connectivity index (χ1) is 17.8. The summed E-state index contributed by atoms with van der Waals surface area (Å²) < 4.78 is 16.9. The number of dihydropyridines is 1. The van der Waals surface area contributed by atoms with Gasteiger partial charge in [0.2, 0.25) is 0 Å². The lowest BCUT2D eigenvalue weighted by Gasteiger charge is -2.39. The summed E-state index contributed by atoms with van der Waals surface area (Å²) in [5.41, 5.74) is 3.66. The topological polar surface area (TPSA) is 90.9 Å². The molecule has 0 aromatic heterocycles. The summed E-state index contributed by atoms with van der Waals surface area (Å²) in [4.78, 5) is 40.7. The van der Waals surface area contributed by atoms with Crippen molar-refractivity contribution in [2.75, 3.05) is 20.3 Å². The summed E-state index contributed by atoms with van der Waals surface area (Å²) in [6.45, 7) is 5.63. The minimum atomic E-state index is -1.05. The summed E-state index contributed by atoms with van der Waals surface area (Å²) >= 11 is 3.51. The normalized spacial score (nSPS) is 21.2. The molecule has 0 fully saturated rings. The maximum Gasteiger partial charge on any atom is 0.336 e. The van der Waals surface area contributed by atoms with Crippen molar-refractivity contribution in [1.29, 1.82) is 0 Å². The zero-order valence-corrected chi connectivity index (χ0v) is 22.9. The van der Waals surface area contributed by atoms with E-state index in [1.54, 1.807) is 21.0 Å². The summed E-state index contributed by atoms with van der Waals surface area (Å²) in [6.07, 6.45) is 0.398. The van der Waals surface area contributed by atoms with Gasteiger partial charge in [0, 0.05) is 33.3 Å². The van der Waals surface area contributed by atoms with Gasteiger partial charge in [0.15, 0.2) is 5.78 Å². The van der Waals surface area contributed by atoms with Crippen molar-refractivity contribution in [3.05, 3.63) is 86.7 Å². The van der Waals surface area contributed by atoms with Crippen LogP contribution in [0.3, 0.4) is 0 Å². The lowest BCUT2D eigenvalue weighted by Crippen LogP contribution is -2.43. The largest absolute Gasteiger partial charge is 0.497 e.